The van der Waals surface area contributed by atoms with E-state index < -0.39 is 0 Å². The van der Waals surface area contributed by atoms with Crippen LogP contribution in [0.4, 0.5) is 0 Å². The molecular weight excluding hydrogens is 204 g/mol. The summed E-state index contributed by atoms with van der Waals surface area (Å²) in [5.41, 5.74) is 6.93. The third kappa shape index (κ3) is 3.24. The number of carbonyl (C=O) groups is 1. The molecule has 0 saturated carbocycles. The van der Waals surface area contributed by atoms with Gasteiger partial charge in [0, 0.05) is 18.2 Å². The van der Waals surface area contributed by atoms with Crippen molar-refractivity contribution >= 4 is 5.91 Å². The lowest BCUT2D eigenvalue weighted by atomic mass is 10.1. The van der Waals surface area contributed by atoms with Gasteiger partial charge in [-0.15, -0.1) is 0 Å². The molecule has 0 spiro atoms. The van der Waals surface area contributed by atoms with Crippen molar-refractivity contribution in [3.8, 4) is 5.75 Å². The van der Waals surface area contributed by atoms with E-state index in [1.165, 1.54) is 6.07 Å². The molecule has 0 aromatic heterocycles. The fourth-order valence-electron chi connectivity index (χ4n) is 1.27. The zero-order valence-electron chi connectivity index (χ0n) is 9.66. The first kappa shape index (κ1) is 12.5. The predicted molar refractivity (Wildman–Crippen MR) is 63.4 cm³/mol. The highest BCUT2D eigenvalue weighted by Gasteiger charge is 2.08. The largest absolute Gasteiger partial charge is 0.508 e. The fraction of sp³-hybridized carbons (Fsp3) is 0.417. The highest BCUT2D eigenvalue weighted by Crippen LogP contribution is 2.16. The quantitative estimate of drug-likeness (QED) is 0.715. The van der Waals surface area contributed by atoms with Gasteiger partial charge in [0.2, 0.25) is 0 Å². The summed E-state index contributed by atoms with van der Waals surface area (Å²) in [6.45, 7) is 4.20. The van der Waals surface area contributed by atoms with Crippen molar-refractivity contribution < 1.29 is 9.90 Å². The minimum atomic E-state index is -0.160. The molecule has 0 aliphatic heterocycles. The average molecular weight is 222 g/mol. The summed E-state index contributed by atoms with van der Waals surface area (Å²) in [6, 6.07) is 4.75. The third-order valence-electron chi connectivity index (χ3n) is 2.51. The monoisotopic (exact) mass is 222 g/mol. The number of carbonyl (C=O) groups excluding carboxylic acids is 1. The number of phenolic OH excluding ortho intramolecular Hbond substituents is 1. The van der Waals surface area contributed by atoms with Crippen LogP contribution in [0.15, 0.2) is 18.2 Å². The van der Waals surface area contributed by atoms with Crippen LogP contribution in [0.1, 0.15) is 29.3 Å². The first-order valence-corrected chi connectivity index (χ1v) is 5.38. The van der Waals surface area contributed by atoms with E-state index >= 15 is 0 Å². The van der Waals surface area contributed by atoms with Gasteiger partial charge < -0.3 is 16.2 Å². The minimum absolute atomic E-state index is 0.0119. The number of rotatable bonds is 4. The lowest BCUT2D eigenvalue weighted by Crippen LogP contribution is -2.36. The van der Waals surface area contributed by atoms with Crippen LogP contribution in [0.2, 0.25) is 0 Å². The first-order chi connectivity index (χ1) is 7.54. The molecule has 0 saturated heterocycles. The average Bonchev–Trinajstić information content (AvgIpc) is 2.29. The van der Waals surface area contributed by atoms with E-state index in [2.05, 4.69) is 5.32 Å². The van der Waals surface area contributed by atoms with Crippen molar-refractivity contribution in [2.24, 2.45) is 5.73 Å². The zero-order valence-corrected chi connectivity index (χ0v) is 9.66. The van der Waals surface area contributed by atoms with E-state index in [4.69, 9.17) is 5.73 Å². The van der Waals surface area contributed by atoms with Crippen LogP contribution in [0, 0.1) is 6.92 Å². The molecule has 0 fully saturated rings. The third-order valence-corrected chi connectivity index (χ3v) is 2.51. The van der Waals surface area contributed by atoms with Crippen LogP contribution in [0.25, 0.3) is 0 Å². The molecule has 4 N–H and O–H groups in total. The zero-order chi connectivity index (χ0) is 12.1. The summed E-state index contributed by atoms with van der Waals surface area (Å²) in [6.07, 6.45) is 0.828. The van der Waals surface area contributed by atoms with Crippen LogP contribution in [-0.2, 0) is 0 Å². The Kier molecular flexibility index (Phi) is 4.31. The highest BCUT2D eigenvalue weighted by atomic mass is 16.3. The Labute approximate surface area is 95.5 Å². The van der Waals surface area contributed by atoms with Gasteiger partial charge in [0.05, 0.1) is 0 Å². The number of aryl methyl sites for hydroxylation is 1. The van der Waals surface area contributed by atoms with Gasteiger partial charge in [-0.3, -0.25) is 4.79 Å². The number of nitrogens with two attached hydrogens (primary N) is 1. The molecule has 1 atom stereocenters. The maximum absolute atomic E-state index is 11.7. The first-order valence-electron chi connectivity index (χ1n) is 5.38. The Hall–Kier alpha value is -1.55. The molecule has 0 aliphatic carbocycles. The Balaban J connectivity index is 2.63. The van der Waals surface area contributed by atoms with E-state index in [1.807, 2.05) is 6.92 Å². The Bertz CT molecular complexity index is 377. The van der Waals surface area contributed by atoms with Gasteiger partial charge in [-0.2, -0.15) is 0 Å². The summed E-state index contributed by atoms with van der Waals surface area (Å²) in [7, 11) is 0. The molecule has 1 unspecified atom stereocenters. The molecule has 1 aromatic carbocycles. The Morgan fingerprint density at radius 1 is 1.56 bits per heavy atom. The molecule has 0 aliphatic rings. The minimum Gasteiger partial charge on any atom is -0.508 e. The van der Waals surface area contributed by atoms with Gasteiger partial charge in [0.25, 0.3) is 5.91 Å². The van der Waals surface area contributed by atoms with Gasteiger partial charge in [0.1, 0.15) is 5.75 Å². The highest BCUT2D eigenvalue weighted by molar-refractivity contribution is 5.94. The number of hydrogen-bond acceptors (Lipinski definition) is 3. The van der Waals surface area contributed by atoms with Crippen LogP contribution in [0.3, 0.4) is 0 Å². The molecule has 88 valence electrons. The number of phenols is 1. The van der Waals surface area contributed by atoms with Crippen LogP contribution < -0.4 is 11.1 Å². The van der Waals surface area contributed by atoms with Crippen molar-refractivity contribution in [1.82, 2.24) is 5.32 Å². The molecule has 4 heteroatoms. The summed E-state index contributed by atoms with van der Waals surface area (Å²) >= 11 is 0. The second-order valence-corrected chi connectivity index (χ2v) is 3.88. The molecular formula is C12H18N2O2. The van der Waals surface area contributed by atoms with E-state index in [0.717, 1.165) is 6.42 Å². The Morgan fingerprint density at radius 3 is 2.81 bits per heavy atom. The molecule has 0 radical (unpaired) electrons. The van der Waals surface area contributed by atoms with E-state index in [9.17, 15) is 9.90 Å². The Morgan fingerprint density at radius 2 is 2.25 bits per heavy atom. The lowest BCUT2D eigenvalue weighted by molar-refractivity contribution is 0.0951. The number of benzene rings is 1. The van der Waals surface area contributed by atoms with E-state index in [1.54, 1.807) is 19.1 Å². The van der Waals surface area contributed by atoms with Crippen molar-refractivity contribution in [2.75, 3.05) is 6.54 Å². The van der Waals surface area contributed by atoms with Crippen LogP contribution in [0.5, 0.6) is 5.75 Å². The SMILES string of the molecule is CCC(N)CNC(=O)c1ccc(O)c(C)c1. The molecule has 16 heavy (non-hydrogen) atoms. The lowest BCUT2D eigenvalue weighted by Gasteiger charge is -2.10. The van der Waals surface area contributed by atoms with Crippen molar-refractivity contribution in [3.63, 3.8) is 0 Å². The van der Waals surface area contributed by atoms with Crippen molar-refractivity contribution in [2.45, 2.75) is 26.3 Å². The van der Waals surface area contributed by atoms with E-state index in [0.29, 0.717) is 17.7 Å². The molecule has 1 aromatic rings. The van der Waals surface area contributed by atoms with E-state index in [-0.39, 0.29) is 17.7 Å². The number of hydrogen-bond donors (Lipinski definition) is 3. The molecule has 1 amide bonds. The van der Waals surface area contributed by atoms with Crippen LogP contribution in [-0.4, -0.2) is 23.6 Å². The number of aromatic hydroxyl groups is 1. The molecule has 4 nitrogen and oxygen atoms in total. The number of amides is 1. The standard InChI is InChI=1S/C12H18N2O2/c1-3-10(13)7-14-12(16)9-4-5-11(15)8(2)6-9/h4-6,10,15H,3,7,13H2,1-2H3,(H,14,16). The molecule has 0 bridgehead atoms. The molecule has 0 heterocycles. The molecule has 1 rings (SSSR count). The summed E-state index contributed by atoms with van der Waals surface area (Å²) in [4.78, 5) is 11.7. The van der Waals surface area contributed by atoms with Gasteiger partial charge in [-0.05, 0) is 37.1 Å². The fourth-order valence-corrected chi connectivity index (χ4v) is 1.27. The van der Waals surface area contributed by atoms with Crippen molar-refractivity contribution in [3.05, 3.63) is 29.3 Å². The maximum Gasteiger partial charge on any atom is 0.251 e. The number of nitrogens with one attached hydrogen (secondary N) is 1. The summed E-state index contributed by atoms with van der Waals surface area (Å²) < 4.78 is 0. The summed E-state index contributed by atoms with van der Waals surface area (Å²) in [5, 5.41) is 12.1. The van der Waals surface area contributed by atoms with Gasteiger partial charge in [0.15, 0.2) is 0 Å². The van der Waals surface area contributed by atoms with Crippen LogP contribution >= 0.6 is 0 Å². The second-order valence-electron chi connectivity index (χ2n) is 3.88. The van der Waals surface area contributed by atoms with Gasteiger partial charge in [-0.1, -0.05) is 6.92 Å². The van der Waals surface area contributed by atoms with Gasteiger partial charge >= 0.3 is 0 Å². The maximum atomic E-state index is 11.7. The smallest absolute Gasteiger partial charge is 0.251 e. The topological polar surface area (TPSA) is 75.3 Å². The predicted octanol–water partition coefficient (Wildman–Crippen LogP) is 1.17. The van der Waals surface area contributed by atoms with Crippen molar-refractivity contribution in [1.29, 1.82) is 0 Å². The normalized spacial score (nSPS) is 12.2. The van der Waals surface area contributed by atoms with Gasteiger partial charge in [-0.25, -0.2) is 0 Å². The second kappa shape index (κ2) is 5.51. The summed E-state index contributed by atoms with van der Waals surface area (Å²) in [5.74, 6) is 0.0359.